The van der Waals surface area contributed by atoms with Crippen LogP contribution in [0.3, 0.4) is 0 Å². The van der Waals surface area contributed by atoms with E-state index in [0.29, 0.717) is 19.5 Å². The molecule has 0 fully saturated rings. The Kier molecular flexibility index (Phi) is 7.60. The topological polar surface area (TPSA) is 49.4 Å². The summed E-state index contributed by atoms with van der Waals surface area (Å²) in [5, 5.41) is 2.81. The van der Waals surface area contributed by atoms with Crippen LogP contribution >= 0.6 is 0 Å². The largest absolute Gasteiger partial charge is 0.356 e. The molecule has 0 aromatic heterocycles. The van der Waals surface area contributed by atoms with Gasteiger partial charge in [0.25, 0.3) is 0 Å². The molecule has 0 aromatic rings. The number of amides is 2. The highest BCUT2D eigenvalue weighted by molar-refractivity contribution is 5.78. The first-order valence-corrected chi connectivity index (χ1v) is 6.06. The lowest BCUT2D eigenvalue weighted by Gasteiger charge is -2.27. The smallest absolute Gasteiger partial charge is 0.221 e. The number of hydrogen-bond acceptors (Lipinski definition) is 2. The first kappa shape index (κ1) is 14.9. The van der Waals surface area contributed by atoms with Gasteiger partial charge in [-0.1, -0.05) is 13.8 Å². The molecule has 0 aliphatic rings. The lowest BCUT2D eigenvalue weighted by molar-refractivity contribution is -0.131. The third-order valence-corrected chi connectivity index (χ3v) is 2.68. The van der Waals surface area contributed by atoms with Crippen molar-refractivity contribution < 1.29 is 9.59 Å². The summed E-state index contributed by atoms with van der Waals surface area (Å²) in [5.74, 6) is 0.0639. The van der Waals surface area contributed by atoms with E-state index in [1.54, 1.807) is 11.8 Å². The average molecular weight is 228 g/mol. The van der Waals surface area contributed by atoms with Gasteiger partial charge >= 0.3 is 0 Å². The van der Waals surface area contributed by atoms with Gasteiger partial charge in [-0.05, 0) is 19.8 Å². The highest BCUT2D eigenvalue weighted by Crippen LogP contribution is 2.04. The van der Waals surface area contributed by atoms with Gasteiger partial charge in [0.15, 0.2) is 0 Å². The molecule has 0 aliphatic heterocycles. The van der Waals surface area contributed by atoms with Crippen LogP contribution in [0.15, 0.2) is 0 Å². The Morgan fingerprint density at radius 2 is 1.94 bits per heavy atom. The van der Waals surface area contributed by atoms with Crippen molar-refractivity contribution in [3.63, 3.8) is 0 Å². The van der Waals surface area contributed by atoms with E-state index in [4.69, 9.17) is 0 Å². The lowest BCUT2D eigenvalue weighted by atomic mass is 10.2. The number of nitrogens with one attached hydrogen (secondary N) is 1. The van der Waals surface area contributed by atoms with Crippen molar-refractivity contribution >= 4 is 11.8 Å². The van der Waals surface area contributed by atoms with Crippen LogP contribution in [0.4, 0.5) is 0 Å². The van der Waals surface area contributed by atoms with Crippen molar-refractivity contribution in [1.29, 1.82) is 0 Å². The van der Waals surface area contributed by atoms with Gasteiger partial charge in [0, 0.05) is 32.5 Å². The molecule has 1 atom stereocenters. The van der Waals surface area contributed by atoms with Crippen molar-refractivity contribution in [2.75, 3.05) is 13.1 Å². The summed E-state index contributed by atoms with van der Waals surface area (Å²) < 4.78 is 0. The van der Waals surface area contributed by atoms with Gasteiger partial charge in [0.05, 0.1) is 0 Å². The first-order valence-electron chi connectivity index (χ1n) is 6.06. The molecular formula is C12H24N2O2. The highest BCUT2D eigenvalue weighted by atomic mass is 16.2. The third-order valence-electron chi connectivity index (χ3n) is 2.68. The van der Waals surface area contributed by atoms with E-state index in [1.807, 2.05) is 20.8 Å². The Labute approximate surface area is 98.4 Å². The van der Waals surface area contributed by atoms with E-state index in [0.717, 1.165) is 12.8 Å². The minimum atomic E-state index is 0.0244. The van der Waals surface area contributed by atoms with Crippen LogP contribution in [0.25, 0.3) is 0 Å². The van der Waals surface area contributed by atoms with Crippen molar-refractivity contribution in [1.82, 2.24) is 10.2 Å². The molecule has 94 valence electrons. The maximum absolute atomic E-state index is 11.4. The molecule has 0 spiro atoms. The Morgan fingerprint density at radius 1 is 1.31 bits per heavy atom. The summed E-state index contributed by atoms with van der Waals surface area (Å²) in [6, 6.07) is 0.205. The zero-order valence-electron chi connectivity index (χ0n) is 10.9. The predicted molar refractivity (Wildman–Crippen MR) is 65.1 cm³/mol. The Hall–Kier alpha value is -1.06. The van der Waals surface area contributed by atoms with E-state index in [-0.39, 0.29) is 17.9 Å². The molecule has 4 heteroatoms. The van der Waals surface area contributed by atoms with Gasteiger partial charge in [-0.2, -0.15) is 0 Å². The summed E-state index contributed by atoms with van der Waals surface area (Å²) in [6.45, 7) is 8.84. The highest BCUT2D eigenvalue weighted by Gasteiger charge is 2.15. The first-order chi connectivity index (χ1) is 7.52. The second-order valence-corrected chi connectivity index (χ2v) is 4.07. The van der Waals surface area contributed by atoms with Crippen LogP contribution in [0.5, 0.6) is 0 Å². The van der Waals surface area contributed by atoms with Crippen molar-refractivity contribution in [3.8, 4) is 0 Å². The summed E-state index contributed by atoms with van der Waals surface area (Å²) in [5.41, 5.74) is 0. The number of carbonyl (C=O) groups is 2. The average Bonchev–Trinajstić information content (AvgIpc) is 2.25. The monoisotopic (exact) mass is 228 g/mol. The molecule has 2 amide bonds. The molecule has 0 saturated heterocycles. The number of nitrogens with zero attached hydrogens (tertiary/aromatic N) is 1. The normalized spacial score (nSPS) is 12.0. The van der Waals surface area contributed by atoms with Gasteiger partial charge in [0.2, 0.25) is 11.8 Å². The maximum atomic E-state index is 11.4. The van der Waals surface area contributed by atoms with Crippen molar-refractivity contribution in [2.24, 2.45) is 0 Å². The van der Waals surface area contributed by atoms with Crippen LogP contribution in [0.2, 0.25) is 0 Å². The van der Waals surface area contributed by atoms with Gasteiger partial charge in [-0.3, -0.25) is 9.59 Å². The van der Waals surface area contributed by atoms with Gasteiger partial charge in [-0.25, -0.2) is 0 Å². The molecule has 0 radical (unpaired) electrons. The standard InChI is InChI=1S/C12H24N2O2/c1-5-8-13-12(16)7-9-14(11(4)15)10(3)6-2/h10H,5-9H2,1-4H3,(H,13,16). The SMILES string of the molecule is CCCNC(=O)CCN(C(C)=O)C(C)CC. The van der Waals surface area contributed by atoms with Crippen molar-refractivity contribution in [2.45, 2.75) is 53.0 Å². The predicted octanol–water partition coefficient (Wildman–Crippen LogP) is 1.55. The maximum Gasteiger partial charge on any atom is 0.221 e. The molecule has 0 heterocycles. The van der Waals surface area contributed by atoms with Crippen LogP contribution < -0.4 is 5.32 Å². The fourth-order valence-electron chi connectivity index (χ4n) is 1.48. The molecule has 16 heavy (non-hydrogen) atoms. The fourth-order valence-corrected chi connectivity index (χ4v) is 1.48. The van der Waals surface area contributed by atoms with E-state index in [1.165, 1.54) is 0 Å². The molecule has 1 unspecified atom stereocenters. The van der Waals surface area contributed by atoms with Crippen LogP contribution in [0, 0.1) is 0 Å². The van der Waals surface area contributed by atoms with Gasteiger partial charge < -0.3 is 10.2 Å². The lowest BCUT2D eigenvalue weighted by Crippen LogP contribution is -2.39. The zero-order valence-corrected chi connectivity index (χ0v) is 10.9. The van der Waals surface area contributed by atoms with Gasteiger partial charge in [0.1, 0.15) is 0 Å². The summed E-state index contributed by atoms with van der Waals surface area (Å²) in [7, 11) is 0. The Balaban J connectivity index is 4.02. The quantitative estimate of drug-likeness (QED) is 0.718. The Bertz CT molecular complexity index is 229. The molecule has 0 bridgehead atoms. The minimum absolute atomic E-state index is 0.0244. The van der Waals surface area contributed by atoms with Crippen LogP contribution in [-0.4, -0.2) is 35.8 Å². The zero-order chi connectivity index (χ0) is 12.6. The molecule has 0 saturated carbocycles. The Morgan fingerprint density at radius 3 is 2.38 bits per heavy atom. The van der Waals surface area contributed by atoms with Crippen molar-refractivity contribution in [3.05, 3.63) is 0 Å². The third kappa shape index (κ3) is 5.73. The number of rotatable bonds is 7. The number of carbonyl (C=O) groups excluding carboxylic acids is 2. The van der Waals surface area contributed by atoms with E-state index in [2.05, 4.69) is 5.32 Å². The molecule has 0 aromatic carbocycles. The van der Waals surface area contributed by atoms with E-state index in [9.17, 15) is 9.59 Å². The van der Waals surface area contributed by atoms with Crippen LogP contribution in [0.1, 0.15) is 47.0 Å². The molecule has 0 rings (SSSR count). The minimum Gasteiger partial charge on any atom is -0.356 e. The molecular weight excluding hydrogens is 204 g/mol. The van der Waals surface area contributed by atoms with Gasteiger partial charge in [-0.15, -0.1) is 0 Å². The second-order valence-electron chi connectivity index (χ2n) is 4.07. The van der Waals surface area contributed by atoms with E-state index >= 15 is 0 Å². The molecule has 0 aliphatic carbocycles. The van der Waals surface area contributed by atoms with E-state index < -0.39 is 0 Å². The summed E-state index contributed by atoms with van der Waals surface area (Å²) in [4.78, 5) is 24.5. The fraction of sp³-hybridized carbons (Fsp3) is 0.833. The van der Waals surface area contributed by atoms with Crippen LogP contribution in [-0.2, 0) is 9.59 Å². The molecule has 4 nitrogen and oxygen atoms in total. The summed E-state index contributed by atoms with van der Waals surface area (Å²) in [6.07, 6.45) is 2.24. The number of hydrogen-bond donors (Lipinski definition) is 1. The second kappa shape index (κ2) is 8.13. The molecule has 1 N–H and O–H groups in total. The summed E-state index contributed by atoms with van der Waals surface area (Å²) >= 11 is 0.